The van der Waals surface area contributed by atoms with Gasteiger partial charge in [-0.1, -0.05) is 51.1 Å². The highest BCUT2D eigenvalue weighted by Gasteiger charge is 2.22. The van der Waals surface area contributed by atoms with Gasteiger partial charge in [-0.15, -0.1) is 0 Å². The molecule has 2 aromatic rings. The fourth-order valence-electron chi connectivity index (χ4n) is 3.43. The number of nitrogens with zero attached hydrogens (tertiary/aromatic N) is 3. The minimum absolute atomic E-state index is 0.0152. The van der Waals surface area contributed by atoms with Gasteiger partial charge in [-0.3, -0.25) is 9.59 Å². The summed E-state index contributed by atoms with van der Waals surface area (Å²) in [7, 11) is 1.99. The molecule has 0 aliphatic carbocycles. The molecule has 0 unspecified atom stereocenters. The molecule has 0 N–H and O–H groups in total. The first-order valence-electron chi connectivity index (χ1n) is 10.6. The lowest BCUT2D eigenvalue weighted by Gasteiger charge is -2.29. The van der Waals surface area contributed by atoms with Gasteiger partial charge in [-0.05, 0) is 36.5 Å². The minimum atomic E-state index is 0.0152. The number of aryl methyl sites for hydroxylation is 2. The summed E-state index contributed by atoms with van der Waals surface area (Å²) in [5.74, 6) is 0.432. The maximum Gasteiger partial charge on any atom is 0.242 e. The van der Waals surface area contributed by atoms with E-state index in [4.69, 9.17) is 0 Å². The Balaban J connectivity index is 2.01. The average molecular weight is 398 g/mol. The molecule has 0 spiro atoms. The zero-order chi connectivity index (χ0) is 21.2. The molecule has 29 heavy (non-hydrogen) atoms. The van der Waals surface area contributed by atoms with Crippen LogP contribution in [0.4, 0.5) is 0 Å². The number of carbonyl (C=O) groups excluding carboxylic acids is 2. The summed E-state index contributed by atoms with van der Waals surface area (Å²) in [6.45, 7) is 8.27. The van der Waals surface area contributed by atoms with Crippen LogP contribution in [0.5, 0.6) is 0 Å². The van der Waals surface area contributed by atoms with Gasteiger partial charge < -0.3 is 14.4 Å². The zero-order valence-electron chi connectivity index (χ0n) is 18.3. The van der Waals surface area contributed by atoms with Crippen molar-refractivity contribution in [2.24, 2.45) is 13.0 Å². The van der Waals surface area contributed by atoms with Gasteiger partial charge in [0.1, 0.15) is 0 Å². The number of rotatable bonds is 11. The van der Waals surface area contributed by atoms with Crippen LogP contribution in [0.2, 0.25) is 0 Å². The van der Waals surface area contributed by atoms with Crippen molar-refractivity contribution in [3.05, 3.63) is 59.9 Å². The van der Waals surface area contributed by atoms with Crippen LogP contribution in [0.15, 0.2) is 48.7 Å². The number of hydrogen-bond acceptors (Lipinski definition) is 2. The van der Waals surface area contributed by atoms with Gasteiger partial charge in [0.05, 0.1) is 13.1 Å². The zero-order valence-corrected chi connectivity index (χ0v) is 18.3. The Kier molecular flexibility index (Phi) is 8.97. The number of carbonyl (C=O) groups is 2. The number of benzene rings is 1. The molecule has 1 heterocycles. The van der Waals surface area contributed by atoms with Crippen molar-refractivity contribution in [2.45, 2.75) is 46.6 Å². The van der Waals surface area contributed by atoms with E-state index in [1.165, 1.54) is 0 Å². The van der Waals surface area contributed by atoms with Gasteiger partial charge in [-0.2, -0.15) is 0 Å². The summed E-state index contributed by atoms with van der Waals surface area (Å²) in [6.07, 6.45) is 3.96. The van der Waals surface area contributed by atoms with Crippen molar-refractivity contribution in [3.8, 4) is 0 Å². The second-order valence-corrected chi connectivity index (χ2v) is 8.08. The van der Waals surface area contributed by atoms with Crippen LogP contribution in [0, 0.1) is 5.92 Å². The van der Waals surface area contributed by atoms with Crippen LogP contribution in [-0.4, -0.2) is 45.8 Å². The molecular weight excluding hydrogens is 362 g/mol. The molecule has 2 rings (SSSR count). The lowest BCUT2D eigenvalue weighted by Crippen LogP contribution is -2.44. The van der Waals surface area contributed by atoms with Crippen LogP contribution < -0.4 is 0 Å². The normalized spacial score (nSPS) is 10.9. The van der Waals surface area contributed by atoms with Gasteiger partial charge in [0.15, 0.2) is 0 Å². The van der Waals surface area contributed by atoms with Gasteiger partial charge in [0.25, 0.3) is 0 Å². The lowest BCUT2D eigenvalue weighted by atomic mass is 10.1. The van der Waals surface area contributed by atoms with E-state index in [1.54, 1.807) is 4.90 Å². The average Bonchev–Trinajstić information content (AvgIpc) is 3.10. The second kappa shape index (κ2) is 11.4. The van der Waals surface area contributed by atoms with E-state index in [1.807, 2.05) is 72.1 Å². The van der Waals surface area contributed by atoms with Crippen molar-refractivity contribution >= 4 is 11.8 Å². The number of hydrogen-bond donors (Lipinski definition) is 0. The van der Waals surface area contributed by atoms with Crippen LogP contribution in [0.1, 0.15) is 44.9 Å². The monoisotopic (exact) mass is 397 g/mol. The molecule has 5 nitrogen and oxygen atoms in total. The Morgan fingerprint density at radius 1 is 1.00 bits per heavy atom. The standard InChI is InChI=1S/C24H35N3O2/c1-5-15-26(23(28)14-13-21-10-7-6-8-11-21)19-24(29)27(17-20(2)3)18-22-12-9-16-25(22)4/h6-12,16,20H,5,13-15,17-19H2,1-4H3. The molecule has 0 saturated heterocycles. The van der Waals surface area contributed by atoms with Gasteiger partial charge in [0, 0.05) is 38.4 Å². The molecule has 2 amide bonds. The van der Waals surface area contributed by atoms with Crippen molar-refractivity contribution in [2.75, 3.05) is 19.6 Å². The Hall–Kier alpha value is -2.56. The van der Waals surface area contributed by atoms with Crippen molar-refractivity contribution < 1.29 is 9.59 Å². The first-order valence-corrected chi connectivity index (χ1v) is 10.6. The summed E-state index contributed by atoms with van der Waals surface area (Å²) in [5, 5.41) is 0. The Bertz CT molecular complexity index is 767. The smallest absolute Gasteiger partial charge is 0.242 e. The summed E-state index contributed by atoms with van der Waals surface area (Å²) in [6, 6.07) is 14.0. The fraction of sp³-hybridized carbons (Fsp3) is 0.500. The van der Waals surface area contributed by atoms with Crippen LogP contribution >= 0.6 is 0 Å². The summed E-state index contributed by atoms with van der Waals surface area (Å²) in [5.41, 5.74) is 2.24. The Labute approximate surface area is 175 Å². The summed E-state index contributed by atoms with van der Waals surface area (Å²) >= 11 is 0. The quantitative estimate of drug-likeness (QED) is 0.578. The number of amides is 2. The molecule has 5 heteroatoms. The molecule has 0 saturated carbocycles. The molecule has 1 aromatic heterocycles. The molecule has 1 aromatic carbocycles. The molecule has 0 radical (unpaired) electrons. The molecule has 0 atom stereocenters. The molecular formula is C24H35N3O2. The third-order valence-electron chi connectivity index (χ3n) is 4.99. The van der Waals surface area contributed by atoms with Gasteiger partial charge in [0.2, 0.25) is 11.8 Å². The molecule has 0 aliphatic rings. The van der Waals surface area contributed by atoms with Crippen LogP contribution in [0.25, 0.3) is 0 Å². The summed E-state index contributed by atoms with van der Waals surface area (Å²) < 4.78 is 2.04. The van der Waals surface area contributed by atoms with Crippen molar-refractivity contribution in [1.82, 2.24) is 14.4 Å². The van der Waals surface area contributed by atoms with E-state index >= 15 is 0 Å². The van der Waals surface area contributed by atoms with E-state index in [2.05, 4.69) is 13.8 Å². The predicted molar refractivity (Wildman–Crippen MR) is 117 cm³/mol. The highest BCUT2D eigenvalue weighted by atomic mass is 16.2. The second-order valence-electron chi connectivity index (χ2n) is 8.08. The minimum Gasteiger partial charge on any atom is -0.353 e. The molecule has 158 valence electrons. The van der Waals surface area contributed by atoms with Crippen LogP contribution in [0.3, 0.4) is 0 Å². The van der Waals surface area contributed by atoms with E-state index in [9.17, 15) is 9.59 Å². The third-order valence-corrected chi connectivity index (χ3v) is 4.99. The molecule has 0 bridgehead atoms. The third kappa shape index (κ3) is 7.41. The Morgan fingerprint density at radius 3 is 2.31 bits per heavy atom. The van der Waals surface area contributed by atoms with Gasteiger partial charge >= 0.3 is 0 Å². The first-order chi connectivity index (χ1) is 13.9. The van der Waals surface area contributed by atoms with Gasteiger partial charge in [-0.25, -0.2) is 0 Å². The largest absolute Gasteiger partial charge is 0.353 e. The summed E-state index contributed by atoms with van der Waals surface area (Å²) in [4.78, 5) is 29.5. The first kappa shape index (κ1) is 22.7. The number of aromatic nitrogens is 1. The van der Waals surface area contributed by atoms with E-state index in [0.29, 0.717) is 38.4 Å². The fourth-order valence-corrected chi connectivity index (χ4v) is 3.43. The predicted octanol–water partition coefficient (Wildman–Crippen LogP) is 3.88. The maximum absolute atomic E-state index is 13.1. The Morgan fingerprint density at radius 2 is 1.72 bits per heavy atom. The van der Waals surface area contributed by atoms with E-state index in [-0.39, 0.29) is 18.4 Å². The van der Waals surface area contributed by atoms with E-state index in [0.717, 1.165) is 17.7 Å². The lowest BCUT2D eigenvalue weighted by molar-refractivity contribution is -0.141. The topological polar surface area (TPSA) is 45.6 Å². The molecule has 0 fully saturated rings. The SMILES string of the molecule is CCCN(CC(=O)N(Cc1cccn1C)CC(C)C)C(=O)CCc1ccccc1. The van der Waals surface area contributed by atoms with Crippen molar-refractivity contribution in [1.29, 1.82) is 0 Å². The highest BCUT2D eigenvalue weighted by Crippen LogP contribution is 2.11. The highest BCUT2D eigenvalue weighted by molar-refractivity contribution is 5.85. The van der Waals surface area contributed by atoms with Crippen LogP contribution in [-0.2, 0) is 29.6 Å². The van der Waals surface area contributed by atoms with E-state index < -0.39 is 0 Å². The molecule has 0 aliphatic heterocycles. The van der Waals surface area contributed by atoms with Crippen molar-refractivity contribution in [3.63, 3.8) is 0 Å². The maximum atomic E-state index is 13.1.